The molecule has 10 rings (SSSR count). The third-order valence-electron chi connectivity index (χ3n) is 14.8. The first kappa shape index (κ1) is 50.3. The van der Waals surface area contributed by atoms with Crippen LogP contribution in [0.4, 0.5) is 28.8 Å². The SMILES string of the molecule is COc1cc(N2CCC(N3CCN(CCCCCCc4cccc5c4CN(C4CCC(=O)NC4=O)C5=O)CC3)CC2)c(-c2cnn(C)c2)cc1Nc1ncc(Br)c(Nc2ccc3nccnc3c2P(C)(C)=O)n1. The van der Waals surface area contributed by atoms with Crippen molar-refractivity contribution in [2.45, 2.75) is 76.4 Å². The summed E-state index contributed by atoms with van der Waals surface area (Å²) in [6.07, 6.45) is 17.1. The lowest BCUT2D eigenvalue weighted by atomic mass is 9.98. The zero-order valence-electron chi connectivity index (χ0n) is 41.9. The lowest BCUT2D eigenvalue weighted by Gasteiger charge is -2.43. The molecular formula is C53H63BrN13O5P. The molecule has 0 spiro atoms. The van der Waals surface area contributed by atoms with Crippen LogP contribution < -0.4 is 30.9 Å². The minimum absolute atomic E-state index is 0.110. The number of benzene rings is 3. The average Bonchev–Trinajstić information content (AvgIpc) is 3.98. The van der Waals surface area contributed by atoms with Gasteiger partial charge in [-0.25, -0.2) is 4.98 Å². The first-order valence-electron chi connectivity index (χ1n) is 25.3. The van der Waals surface area contributed by atoms with Crippen molar-refractivity contribution in [1.29, 1.82) is 0 Å². The second kappa shape index (κ2) is 21.7. The largest absolute Gasteiger partial charge is 0.494 e. The van der Waals surface area contributed by atoms with E-state index in [1.165, 1.54) is 18.4 Å². The van der Waals surface area contributed by atoms with Gasteiger partial charge in [0.15, 0.2) is 0 Å². The molecule has 0 saturated carbocycles. The number of piperazine rings is 1. The highest BCUT2D eigenvalue weighted by Crippen LogP contribution is 2.43. The van der Waals surface area contributed by atoms with E-state index in [4.69, 9.17) is 9.72 Å². The number of nitrogens with one attached hydrogen (secondary N) is 3. The molecule has 20 heteroatoms. The van der Waals surface area contributed by atoms with Crippen LogP contribution in [0.2, 0.25) is 0 Å². The molecule has 0 radical (unpaired) electrons. The van der Waals surface area contributed by atoms with Crippen LogP contribution in [0, 0.1) is 0 Å². The number of anilines is 5. The van der Waals surface area contributed by atoms with Gasteiger partial charge in [-0.1, -0.05) is 25.0 Å². The molecule has 3 aromatic heterocycles. The second-order valence-corrected chi connectivity index (χ2v) is 24.0. The number of fused-ring (bicyclic) bond motifs is 2. The summed E-state index contributed by atoms with van der Waals surface area (Å²) in [5, 5.41) is 14.4. The Morgan fingerprint density at radius 1 is 0.863 bits per heavy atom. The normalized spacial score (nSPS) is 18.1. The number of piperidine rings is 2. The van der Waals surface area contributed by atoms with Gasteiger partial charge in [0.1, 0.15) is 30.3 Å². The van der Waals surface area contributed by atoms with Crippen molar-refractivity contribution in [1.82, 2.24) is 49.7 Å². The van der Waals surface area contributed by atoms with Gasteiger partial charge in [-0.05, 0) is 110 Å². The smallest absolute Gasteiger partial charge is 0.255 e. The number of unbranched alkanes of at least 4 members (excludes halogenated alkanes) is 3. The average molecular weight is 1070 g/mol. The second-order valence-electron chi connectivity index (χ2n) is 20.0. The number of nitrogens with zero attached hydrogens (tertiary/aromatic N) is 10. The minimum Gasteiger partial charge on any atom is -0.494 e. The summed E-state index contributed by atoms with van der Waals surface area (Å²) >= 11 is 3.62. The van der Waals surface area contributed by atoms with Crippen molar-refractivity contribution < 1.29 is 23.7 Å². The number of aryl methyl sites for hydroxylation is 2. The summed E-state index contributed by atoms with van der Waals surface area (Å²) in [6, 6.07) is 13.8. The zero-order valence-corrected chi connectivity index (χ0v) is 44.4. The number of aromatic nitrogens is 6. The fraction of sp³-hybridized carbons (Fsp3) is 0.434. The van der Waals surface area contributed by atoms with E-state index in [1.807, 2.05) is 48.4 Å². The van der Waals surface area contributed by atoms with Crippen LogP contribution in [-0.2, 0) is 34.2 Å². The Balaban J connectivity index is 0.721. The Labute approximate surface area is 434 Å². The van der Waals surface area contributed by atoms with E-state index in [9.17, 15) is 18.9 Å². The Kier molecular flexibility index (Phi) is 14.9. The monoisotopic (exact) mass is 1070 g/mol. The highest BCUT2D eigenvalue weighted by Gasteiger charge is 2.40. The van der Waals surface area contributed by atoms with E-state index in [-0.39, 0.29) is 24.1 Å². The fourth-order valence-electron chi connectivity index (χ4n) is 11.0. The van der Waals surface area contributed by atoms with Crippen LogP contribution in [0.5, 0.6) is 5.75 Å². The van der Waals surface area contributed by atoms with Crippen LogP contribution in [0.25, 0.3) is 22.2 Å². The lowest BCUT2D eigenvalue weighted by Crippen LogP contribution is -2.53. The van der Waals surface area contributed by atoms with Gasteiger partial charge in [-0.3, -0.25) is 39.3 Å². The summed E-state index contributed by atoms with van der Waals surface area (Å²) in [6.45, 7) is 11.2. The number of rotatable bonds is 17. The molecule has 3 amide bonds. The standard InChI is InChI=1S/C53H63BrN13O5P/c1-63-32-35(30-58-63)38-28-43(60-53-57-31-40(54)50(62-53)59-42-14-13-41-48(56-20-19-55-41)49(42)73(3,4)71)46(72-2)29-45(38)66-22-17-36(18-23-66)65-26-24-64(25-27-65)21-8-6-5-7-10-34-11-9-12-37-39(34)33-67(52(37)70)44-15-16-47(68)61-51(44)69/h9,11-14,19-20,28-32,36,44H,5-8,10,15-18,21-27,33H2,1-4H3,(H,61,68,69)(H2,57,59,60,62). The molecular weight excluding hydrogens is 1010 g/mol. The van der Waals surface area contributed by atoms with Crippen molar-refractivity contribution in [2.75, 3.05) is 81.8 Å². The summed E-state index contributed by atoms with van der Waals surface area (Å²) in [5.74, 6) is 0.745. The number of hydrogen-bond acceptors (Lipinski definition) is 15. The summed E-state index contributed by atoms with van der Waals surface area (Å²) in [7, 11) is 0.802. The molecule has 0 bridgehead atoms. The van der Waals surface area contributed by atoms with E-state index in [0.717, 1.165) is 100 Å². The molecule has 0 aliphatic carbocycles. The quantitative estimate of drug-likeness (QED) is 0.0462. The van der Waals surface area contributed by atoms with Crippen molar-refractivity contribution in [2.24, 2.45) is 7.05 Å². The first-order valence-corrected chi connectivity index (χ1v) is 28.7. The number of ether oxygens (including phenoxy) is 1. The summed E-state index contributed by atoms with van der Waals surface area (Å²) in [4.78, 5) is 65.4. The van der Waals surface area contributed by atoms with Crippen molar-refractivity contribution in [3.8, 4) is 16.9 Å². The third-order valence-corrected chi connectivity index (χ3v) is 16.9. The van der Waals surface area contributed by atoms with E-state index >= 15 is 0 Å². The van der Waals surface area contributed by atoms with Gasteiger partial charge in [-0.15, -0.1) is 0 Å². The maximum atomic E-state index is 13.6. The van der Waals surface area contributed by atoms with Gasteiger partial charge in [0, 0.05) is 119 Å². The van der Waals surface area contributed by atoms with E-state index in [0.29, 0.717) is 74.3 Å². The summed E-state index contributed by atoms with van der Waals surface area (Å²) in [5.41, 5.74) is 8.62. The highest BCUT2D eigenvalue weighted by molar-refractivity contribution is 9.10. The van der Waals surface area contributed by atoms with Crippen LogP contribution in [0.1, 0.15) is 72.9 Å². The van der Waals surface area contributed by atoms with Gasteiger partial charge < -0.3 is 34.6 Å². The number of carbonyl (C=O) groups excluding carboxylic acids is 3. The van der Waals surface area contributed by atoms with Crippen LogP contribution in [0.15, 0.2) is 77.9 Å². The number of halogens is 1. The maximum absolute atomic E-state index is 13.6. The molecule has 3 N–H and O–H groups in total. The zero-order chi connectivity index (χ0) is 50.8. The molecule has 4 aliphatic rings. The number of imide groups is 1. The minimum atomic E-state index is -2.80. The lowest BCUT2D eigenvalue weighted by molar-refractivity contribution is -0.136. The van der Waals surface area contributed by atoms with Crippen molar-refractivity contribution in [3.63, 3.8) is 0 Å². The highest BCUT2D eigenvalue weighted by atomic mass is 79.9. The molecule has 382 valence electrons. The van der Waals surface area contributed by atoms with Crippen LogP contribution >= 0.6 is 23.1 Å². The van der Waals surface area contributed by atoms with Gasteiger partial charge in [-0.2, -0.15) is 10.1 Å². The van der Waals surface area contributed by atoms with Crippen LogP contribution in [0.3, 0.4) is 0 Å². The van der Waals surface area contributed by atoms with E-state index < -0.39 is 13.2 Å². The molecule has 3 aromatic carbocycles. The van der Waals surface area contributed by atoms with Gasteiger partial charge in [0.05, 0.1) is 40.0 Å². The molecule has 1 unspecified atom stereocenters. The molecule has 4 aliphatic heterocycles. The molecule has 6 aromatic rings. The number of amides is 3. The predicted molar refractivity (Wildman–Crippen MR) is 288 cm³/mol. The predicted octanol–water partition coefficient (Wildman–Crippen LogP) is 7.48. The topological polar surface area (TPSA) is 196 Å². The molecule has 3 fully saturated rings. The first-order chi connectivity index (χ1) is 35.3. The number of methoxy groups -OCH3 is 1. The third kappa shape index (κ3) is 11.0. The number of carbonyl (C=O) groups is 3. The van der Waals surface area contributed by atoms with E-state index in [1.54, 1.807) is 43.9 Å². The van der Waals surface area contributed by atoms with Gasteiger partial charge in [0.25, 0.3) is 5.91 Å². The number of hydrogen-bond donors (Lipinski definition) is 3. The Morgan fingerprint density at radius 3 is 2.41 bits per heavy atom. The fourth-order valence-corrected chi connectivity index (χ4v) is 12.7. The van der Waals surface area contributed by atoms with Gasteiger partial charge >= 0.3 is 0 Å². The van der Waals surface area contributed by atoms with Gasteiger partial charge in [0.2, 0.25) is 17.8 Å². The molecule has 7 heterocycles. The van der Waals surface area contributed by atoms with Crippen LogP contribution in [-0.4, -0.2) is 140 Å². The van der Waals surface area contributed by atoms with Crippen molar-refractivity contribution in [3.05, 3.63) is 94.6 Å². The summed E-state index contributed by atoms with van der Waals surface area (Å²) < 4.78 is 22.1. The molecule has 1 atom stereocenters. The molecule has 73 heavy (non-hydrogen) atoms. The maximum Gasteiger partial charge on any atom is 0.255 e. The van der Waals surface area contributed by atoms with E-state index in [2.05, 4.69) is 84.8 Å². The molecule has 18 nitrogen and oxygen atoms in total. The molecule has 3 saturated heterocycles. The Morgan fingerprint density at radius 2 is 1.66 bits per heavy atom. The Bertz CT molecular complexity index is 3090. The van der Waals surface area contributed by atoms with Crippen molar-refractivity contribution >= 4 is 86.0 Å². The Hall–Kier alpha value is -6.27.